The van der Waals surface area contributed by atoms with Crippen molar-refractivity contribution in [2.24, 2.45) is 0 Å². The zero-order valence-electron chi connectivity index (χ0n) is 15.7. The molecular formula is C21H23NO4S. The van der Waals surface area contributed by atoms with E-state index in [1.54, 1.807) is 6.26 Å². The van der Waals surface area contributed by atoms with Crippen molar-refractivity contribution in [3.8, 4) is 0 Å². The Morgan fingerprint density at radius 3 is 2.48 bits per heavy atom. The normalized spacial score (nSPS) is 14.7. The fourth-order valence-electron chi connectivity index (χ4n) is 2.78. The van der Waals surface area contributed by atoms with Gasteiger partial charge in [0.1, 0.15) is 5.76 Å². The quantitative estimate of drug-likeness (QED) is 0.642. The van der Waals surface area contributed by atoms with Gasteiger partial charge < -0.3 is 9.15 Å². The molecule has 1 aromatic heterocycles. The number of amides is 2. The van der Waals surface area contributed by atoms with Gasteiger partial charge in [-0.05, 0) is 38.5 Å². The number of nitrogens with zero attached hydrogens (tertiary/aromatic N) is 1. The van der Waals surface area contributed by atoms with E-state index in [0.717, 1.165) is 16.9 Å². The average Bonchev–Trinajstić information content (AvgIpc) is 3.22. The van der Waals surface area contributed by atoms with Gasteiger partial charge in [0.05, 0.1) is 41.7 Å². The second kappa shape index (κ2) is 8.59. The number of ether oxygens (including phenoxy) is 1. The smallest absolute Gasteiger partial charge is 0.268 e. The first kappa shape index (κ1) is 19.5. The van der Waals surface area contributed by atoms with Crippen molar-refractivity contribution in [2.75, 3.05) is 13.2 Å². The summed E-state index contributed by atoms with van der Waals surface area (Å²) in [5, 5.41) is 0. The number of carbonyl (C=O) groups is 2. The molecule has 0 spiro atoms. The lowest BCUT2D eigenvalue weighted by molar-refractivity contribution is -0.137. The van der Waals surface area contributed by atoms with E-state index in [2.05, 4.69) is 0 Å². The fraction of sp³-hybridized carbons (Fsp3) is 0.333. The summed E-state index contributed by atoms with van der Waals surface area (Å²) in [6.07, 6.45) is 1.65. The van der Waals surface area contributed by atoms with Crippen molar-refractivity contribution >= 4 is 29.1 Å². The summed E-state index contributed by atoms with van der Waals surface area (Å²) in [7, 11) is 0. The van der Waals surface area contributed by atoms with Gasteiger partial charge >= 0.3 is 0 Å². The molecule has 5 nitrogen and oxygen atoms in total. The molecule has 0 aliphatic carbocycles. The Kier molecular flexibility index (Phi) is 6.19. The number of imide groups is 1. The SMILES string of the molecule is Cc1ccc(C2=C(SCc3ccco3)C(=O)N(CCOC(C)C)C2=O)cc1. The van der Waals surface area contributed by atoms with Crippen LogP contribution >= 0.6 is 11.8 Å². The summed E-state index contributed by atoms with van der Waals surface area (Å²) in [6.45, 7) is 6.41. The standard InChI is InChI=1S/C21H23NO4S/c1-14(2)25-12-10-22-20(23)18(16-8-6-15(3)7-9-16)19(21(22)24)27-13-17-5-4-11-26-17/h4-9,11,14H,10,12-13H2,1-3H3. The largest absolute Gasteiger partial charge is 0.468 e. The van der Waals surface area contributed by atoms with E-state index in [1.807, 2.05) is 57.2 Å². The molecule has 0 saturated carbocycles. The zero-order chi connectivity index (χ0) is 19.4. The van der Waals surface area contributed by atoms with Crippen LogP contribution < -0.4 is 0 Å². The Morgan fingerprint density at radius 2 is 1.85 bits per heavy atom. The van der Waals surface area contributed by atoms with E-state index in [4.69, 9.17) is 9.15 Å². The predicted molar refractivity (Wildman–Crippen MR) is 106 cm³/mol. The number of benzene rings is 1. The Bertz CT molecular complexity index is 838. The Labute approximate surface area is 163 Å². The number of rotatable bonds is 8. The lowest BCUT2D eigenvalue weighted by Crippen LogP contribution is -2.35. The third-order valence-corrected chi connectivity index (χ3v) is 5.27. The van der Waals surface area contributed by atoms with Crippen LogP contribution in [0.15, 0.2) is 52.0 Å². The van der Waals surface area contributed by atoms with Crippen LogP contribution in [0.5, 0.6) is 0 Å². The van der Waals surface area contributed by atoms with Crippen molar-refractivity contribution in [1.29, 1.82) is 0 Å². The average molecular weight is 385 g/mol. The molecule has 0 unspecified atom stereocenters. The van der Waals surface area contributed by atoms with Gasteiger partial charge in [-0.2, -0.15) is 0 Å². The minimum absolute atomic E-state index is 0.0510. The van der Waals surface area contributed by atoms with Gasteiger partial charge in [0, 0.05) is 0 Å². The molecule has 0 radical (unpaired) electrons. The molecule has 0 atom stereocenters. The summed E-state index contributed by atoms with van der Waals surface area (Å²) < 4.78 is 10.9. The van der Waals surface area contributed by atoms with E-state index in [-0.39, 0.29) is 24.5 Å². The van der Waals surface area contributed by atoms with E-state index >= 15 is 0 Å². The molecule has 2 amide bonds. The van der Waals surface area contributed by atoms with Crippen LogP contribution in [0.25, 0.3) is 5.57 Å². The number of thioether (sulfide) groups is 1. The molecule has 0 N–H and O–H groups in total. The molecule has 0 bridgehead atoms. The van der Waals surface area contributed by atoms with Gasteiger partial charge in [0.25, 0.3) is 11.8 Å². The third-order valence-electron chi connectivity index (χ3n) is 4.17. The molecule has 6 heteroatoms. The minimum atomic E-state index is -0.266. The van der Waals surface area contributed by atoms with Crippen LogP contribution in [0.3, 0.4) is 0 Å². The monoisotopic (exact) mass is 385 g/mol. The molecule has 142 valence electrons. The highest BCUT2D eigenvalue weighted by Gasteiger charge is 2.39. The molecular weight excluding hydrogens is 362 g/mol. The maximum atomic E-state index is 13.0. The van der Waals surface area contributed by atoms with Gasteiger partial charge in [0.2, 0.25) is 0 Å². The number of hydrogen-bond acceptors (Lipinski definition) is 5. The van der Waals surface area contributed by atoms with Crippen molar-refractivity contribution < 1.29 is 18.7 Å². The topological polar surface area (TPSA) is 59.8 Å². The van der Waals surface area contributed by atoms with Crippen LogP contribution in [0.2, 0.25) is 0 Å². The molecule has 2 heterocycles. The highest BCUT2D eigenvalue weighted by molar-refractivity contribution is 8.03. The lowest BCUT2D eigenvalue weighted by atomic mass is 10.0. The highest BCUT2D eigenvalue weighted by atomic mass is 32.2. The van der Waals surface area contributed by atoms with Crippen LogP contribution in [0, 0.1) is 6.92 Å². The van der Waals surface area contributed by atoms with E-state index < -0.39 is 0 Å². The van der Waals surface area contributed by atoms with Crippen LogP contribution in [-0.2, 0) is 20.1 Å². The Balaban J connectivity index is 1.86. The fourth-order valence-corrected chi connectivity index (χ4v) is 3.82. The number of hydrogen-bond donors (Lipinski definition) is 0. The number of aryl methyl sites for hydroxylation is 1. The van der Waals surface area contributed by atoms with Crippen LogP contribution in [0.4, 0.5) is 0 Å². The Morgan fingerprint density at radius 1 is 1.11 bits per heavy atom. The molecule has 0 saturated heterocycles. The Hall–Kier alpha value is -2.31. The molecule has 1 aliphatic rings. The van der Waals surface area contributed by atoms with E-state index in [0.29, 0.717) is 22.8 Å². The molecule has 27 heavy (non-hydrogen) atoms. The molecule has 0 fully saturated rings. The first-order chi connectivity index (χ1) is 13.0. The maximum Gasteiger partial charge on any atom is 0.268 e. The summed E-state index contributed by atoms with van der Waals surface area (Å²) in [5.41, 5.74) is 2.32. The third kappa shape index (κ3) is 4.51. The number of furan rings is 1. The van der Waals surface area contributed by atoms with Crippen molar-refractivity contribution in [1.82, 2.24) is 4.90 Å². The predicted octanol–water partition coefficient (Wildman–Crippen LogP) is 4.03. The van der Waals surface area contributed by atoms with Crippen LogP contribution in [0.1, 0.15) is 30.7 Å². The second-order valence-corrected chi connectivity index (χ2v) is 7.61. The molecule has 1 aliphatic heterocycles. The van der Waals surface area contributed by atoms with Crippen molar-refractivity contribution in [3.63, 3.8) is 0 Å². The van der Waals surface area contributed by atoms with Gasteiger partial charge in [-0.1, -0.05) is 29.8 Å². The molecule has 1 aromatic carbocycles. The van der Waals surface area contributed by atoms with E-state index in [9.17, 15) is 9.59 Å². The van der Waals surface area contributed by atoms with Crippen molar-refractivity contribution in [2.45, 2.75) is 32.6 Å². The summed E-state index contributed by atoms with van der Waals surface area (Å²) in [5.74, 6) is 0.725. The molecule has 2 aromatic rings. The first-order valence-electron chi connectivity index (χ1n) is 8.91. The lowest BCUT2D eigenvalue weighted by Gasteiger charge is -2.16. The summed E-state index contributed by atoms with van der Waals surface area (Å²) in [6, 6.07) is 11.3. The van der Waals surface area contributed by atoms with Gasteiger partial charge in [-0.15, -0.1) is 11.8 Å². The highest BCUT2D eigenvalue weighted by Crippen LogP contribution is 2.37. The van der Waals surface area contributed by atoms with Gasteiger partial charge in [0.15, 0.2) is 0 Å². The first-order valence-corrected chi connectivity index (χ1v) is 9.90. The van der Waals surface area contributed by atoms with Crippen molar-refractivity contribution in [3.05, 3.63) is 64.5 Å². The summed E-state index contributed by atoms with van der Waals surface area (Å²) >= 11 is 1.34. The molecule has 3 rings (SSSR count). The van der Waals surface area contributed by atoms with Gasteiger partial charge in [-0.3, -0.25) is 14.5 Å². The second-order valence-electron chi connectivity index (χ2n) is 6.62. The maximum absolute atomic E-state index is 13.0. The van der Waals surface area contributed by atoms with E-state index in [1.165, 1.54) is 16.7 Å². The minimum Gasteiger partial charge on any atom is -0.468 e. The van der Waals surface area contributed by atoms with Gasteiger partial charge in [-0.25, -0.2) is 0 Å². The summed E-state index contributed by atoms with van der Waals surface area (Å²) in [4.78, 5) is 27.7. The van der Waals surface area contributed by atoms with Crippen LogP contribution in [-0.4, -0.2) is 36.0 Å². The number of carbonyl (C=O) groups excluding carboxylic acids is 2. The zero-order valence-corrected chi connectivity index (χ0v) is 16.5.